The molecule has 1 aromatic heterocycles. The average molecular weight is 309 g/mol. The molecular formula is C14H17N2O2S2+. The van der Waals surface area contributed by atoms with Crippen molar-refractivity contribution in [2.24, 2.45) is 0 Å². The molecule has 4 nitrogen and oxygen atoms in total. The molecule has 0 aromatic carbocycles. The van der Waals surface area contributed by atoms with Crippen LogP contribution in [0.25, 0.3) is 5.70 Å². The first-order chi connectivity index (χ1) is 9.47. The van der Waals surface area contributed by atoms with Crippen molar-refractivity contribution >= 4 is 36.1 Å². The largest absolute Gasteiger partial charge is 0.465 e. The number of nitriles is 1. The highest BCUT2D eigenvalue weighted by Crippen LogP contribution is 2.23. The van der Waals surface area contributed by atoms with Crippen LogP contribution in [0.1, 0.15) is 18.1 Å². The summed E-state index contributed by atoms with van der Waals surface area (Å²) in [5, 5.41) is 9.29. The highest BCUT2D eigenvalue weighted by molar-refractivity contribution is 8.16. The van der Waals surface area contributed by atoms with Crippen molar-refractivity contribution in [3.05, 3.63) is 33.8 Å². The zero-order valence-electron chi connectivity index (χ0n) is 11.7. The maximum absolute atomic E-state index is 11.3. The van der Waals surface area contributed by atoms with E-state index in [4.69, 9.17) is 4.74 Å². The summed E-state index contributed by atoms with van der Waals surface area (Å²) >= 11 is 5.51. The van der Waals surface area contributed by atoms with Gasteiger partial charge in [0.15, 0.2) is 18.5 Å². The lowest BCUT2D eigenvalue weighted by Crippen LogP contribution is -2.32. The van der Waals surface area contributed by atoms with E-state index in [9.17, 15) is 10.1 Å². The first-order valence-corrected chi connectivity index (χ1v) is 7.53. The number of hydrogen-bond acceptors (Lipinski definition) is 5. The Morgan fingerprint density at radius 3 is 2.55 bits per heavy atom. The molecule has 0 saturated heterocycles. The van der Waals surface area contributed by atoms with Gasteiger partial charge in [-0.05, 0) is 26.8 Å². The Hall–Kier alpha value is -1.45. The second-order valence-corrected chi connectivity index (χ2v) is 5.89. The van der Waals surface area contributed by atoms with Crippen LogP contribution in [-0.4, -0.2) is 18.3 Å². The minimum atomic E-state index is -0.313. The molecule has 1 heterocycles. The SMILES string of the molecule is CCOC(=O)CS/C(S)=C(/C#N)[n+]1cc(C)cc(C)c1. The minimum absolute atomic E-state index is 0.142. The summed E-state index contributed by atoms with van der Waals surface area (Å²) in [6, 6.07) is 4.14. The van der Waals surface area contributed by atoms with Gasteiger partial charge in [-0.1, -0.05) is 0 Å². The van der Waals surface area contributed by atoms with Gasteiger partial charge in [-0.25, -0.2) is 0 Å². The average Bonchev–Trinajstić information content (AvgIpc) is 2.36. The number of carbonyl (C=O) groups excluding carboxylic acids is 1. The third-order valence-electron chi connectivity index (χ3n) is 2.34. The third-order valence-corrected chi connectivity index (χ3v) is 3.79. The van der Waals surface area contributed by atoms with Crippen LogP contribution in [0.15, 0.2) is 22.7 Å². The molecule has 0 aliphatic carbocycles. The summed E-state index contributed by atoms with van der Waals surface area (Å²) in [7, 11) is 0. The van der Waals surface area contributed by atoms with E-state index in [1.165, 1.54) is 11.8 Å². The lowest BCUT2D eigenvalue weighted by atomic mass is 10.2. The summed E-state index contributed by atoms with van der Waals surface area (Å²) < 4.78 is 7.07. The summed E-state index contributed by atoms with van der Waals surface area (Å²) in [4.78, 5) is 11.3. The second-order valence-electron chi connectivity index (χ2n) is 4.16. The standard InChI is InChI=1S/C14H16N2O2S2/c1-4-18-13(17)9-20-14(19)12(6-15)16-7-10(2)5-11(3)8-16/h5,7-8H,4,9H2,1-3H3/p+1/b14-12-. The van der Waals surface area contributed by atoms with Gasteiger partial charge < -0.3 is 4.74 Å². The molecule has 0 radical (unpaired) electrons. The van der Waals surface area contributed by atoms with Gasteiger partial charge in [0.2, 0.25) is 0 Å². The monoisotopic (exact) mass is 309 g/mol. The quantitative estimate of drug-likeness (QED) is 0.393. The van der Waals surface area contributed by atoms with Crippen LogP contribution in [0, 0.1) is 25.2 Å². The zero-order valence-corrected chi connectivity index (χ0v) is 13.4. The molecule has 0 N–H and O–H groups in total. The summed E-state index contributed by atoms with van der Waals surface area (Å²) in [5.41, 5.74) is 2.50. The fourth-order valence-electron chi connectivity index (χ4n) is 1.65. The van der Waals surface area contributed by atoms with Gasteiger partial charge in [-0.15, -0.1) is 24.4 Å². The van der Waals surface area contributed by atoms with E-state index in [1.54, 1.807) is 11.5 Å². The number of nitrogens with zero attached hydrogens (tertiary/aromatic N) is 2. The van der Waals surface area contributed by atoms with E-state index in [0.717, 1.165) is 11.1 Å². The number of thioether (sulfide) groups is 1. The fourth-order valence-corrected chi connectivity index (χ4v) is 2.64. The Morgan fingerprint density at radius 1 is 1.45 bits per heavy atom. The molecule has 20 heavy (non-hydrogen) atoms. The van der Waals surface area contributed by atoms with Gasteiger partial charge in [-0.3, -0.25) is 4.79 Å². The number of pyridine rings is 1. The van der Waals surface area contributed by atoms with E-state index in [1.807, 2.05) is 32.3 Å². The number of aryl methyl sites for hydroxylation is 2. The van der Waals surface area contributed by atoms with Crippen molar-refractivity contribution in [3.8, 4) is 6.07 Å². The van der Waals surface area contributed by atoms with Gasteiger partial charge in [0.25, 0.3) is 0 Å². The Kier molecular flexibility index (Phi) is 6.62. The molecule has 0 aliphatic rings. The van der Waals surface area contributed by atoms with Gasteiger partial charge >= 0.3 is 11.7 Å². The first kappa shape index (κ1) is 16.6. The number of allylic oxidation sites excluding steroid dienone is 1. The minimum Gasteiger partial charge on any atom is -0.465 e. The van der Waals surface area contributed by atoms with E-state index in [2.05, 4.69) is 18.7 Å². The van der Waals surface area contributed by atoms with E-state index >= 15 is 0 Å². The van der Waals surface area contributed by atoms with E-state index in [-0.39, 0.29) is 11.7 Å². The molecule has 0 fully saturated rings. The highest BCUT2D eigenvalue weighted by atomic mass is 32.2. The maximum Gasteiger partial charge on any atom is 0.316 e. The van der Waals surface area contributed by atoms with Gasteiger partial charge in [-0.2, -0.15) is 9.83 Å². The number of ether oxygens (including phenoxy) is 1. The molecule has 0 atom stereocenters. The van der Waals surface area contributed by atoms with Crippen molar-refractivity contribution in [3.63, 3.8) is 0 Å². The lowest BCUT2D eigenvalue weighted by molar-refractivity contribution is -0.578. The van der Waals surface area contributed by atoms with E-state index in [0.29, 0.717) is 16.5 Å². The van der Waals surface area contributed by atoms with Crippen molar-refractivity contribution in [1.82, 2.24) is 0 Å². The number of carbonyl (C=O) groups is 1. The highest BCUT2D eigenvalue weighted by Gasteiger charge is 2.17. The van der Waals surface area contributed by atoms with Crippen LogP contribution in [0.2, 0.25) is 0 Å². The molecule has 0 spiro atoms. The Bertz CT molecular complexity index is 557. The Morgan fingerprint density at radius 2 is 2.05 bits per heavy atom. The zero-order chi connectivity index (χ0) is 15.1. The van der Waals surface area contributed by atoms with Crippen LogP contribution in [-0.2, 0) is 9.53 Å². The molecule has 106 valence electrons. The van der Waals surface area contributed by atoms with Crippen LogP contribution in [0.3, 0.4) is 0 Å². The smallest absolute Gasteiger partial charge is 0.316 e. The summed E-state index contributed by atoms with van der Waals surface area (Å²) in [6.07, 6.45) is 3.71. The normalized spacial score (nSPS) is 11.6. The second kappa shape index (κ2) is 7.98. The topological polar surface area (TPSA) is 54.0 Å². The van der Waals surface area contributed by atoms with Crippen molar-refractivity contribution in [2.75, 3.05) is 12.4 Å². The molecule has 6 heteroatoms. The number of aromatic nitrogens is 1. The molecule has 0 unspecified atom stereocenters. The van der Waals surface area contributed by atoms with Crippen molar-refractivity contribution < 1.29 is 14.1 Å². The van der Waals surface area contributed by atoms with Crippen LogP contribution in [0.4, 0.5) is 0 Å². The molecule has 0 amide bonds. The molecule has 0 bridgehead atoms. The van der Waals surface area contributed by atoms with Crippen LogP contribution in [0.5, 0.6) is 0 Å². The van der Waals surface area contributed by atoms with E-state index < -0.39 is 0 Å². The Labute approximate surface area is 128 Å². The number of esters is 1. The maximum atomic E-state index is 11.3. The fraction of sp³-hybridized carbons (Fsp3) is 0.357. The molecular weight excluding hydrogens is 292 g/mol. The lowest BCUT2D eigenvalue weighted by Gasteiger charge is -2.02. The Balaban J connectivity index is 2.95. The molecule has 0 aliphatic heterocycles. The summed E-state index contributed by atoms with van der Waals surface area (Å²) in [5.74, 6) is -0.171. The summed E-state index contributed by atoms with van der Waals surface area (Å²) in [6.45, 7) is 6.03. The number of hydrogen-bond donors (Lipinski definition) is 1. The van der Waals surface area contributed by atoms with Crippen molar-refractivity contribution in [2.45, 2.75) is 20.8 Å². The third kappa shape index (κ3) is 4.91. The van der Waals surface area contributed by atoms with Crippen LogP contribution >= 0.6 is 24.4 Å². The molecule has 0 saturated carbocycles. The number of rotatable bonds is 5. The van der Waals surface area contributed by atoms with Crippen LogP contribution < -0.4 is 4.57 Å². The van der Waals surface area contributed by atoms with Gasteiger partial charge in [0.1, 0.15) is 4.24 Å². The van der Waals surface area contributed by atoms with Gasteiger partial charge in [0, 0.05) is 11.1 Å². The van der Waals surface area contributed by atoms with Crippen molar-refractivity contribution in [1.29, 1.82) is 5.26 Å². The predicted molar refractivity (Wildman–Crippen MR) is 83.0 cm³/mol. The van der Waals surface area contributed by atoms with Gasteiger partial charge in [0.05, 0.1) is 12.4 Å². The first-order valence-electron chi connectivity index (χ1n) is 6.09. The predicted octanol–water partition coefficient (Wildman–Crippen LogP) is 2.47. The molecule has 1 aromatic rings. The molecule has 1 rings (SSSR count). The number of thiol groups is 1.